The highest BCUT2D eigenvalue weighted by molar-refractivity contribution is 6.31. The Labute approximate surface area is 179 Å². The molecule has 3 aromatic rings. The van der Waals surface area contributed by atoms with Crippen molar-refractivity contribution in [3.63, 3.8) is 0 Å². The maximum Gasteiger partial charge on any atom is 0.264 e. The number of nitrogens with zero attached hydrogens (tertiary/aromatic N) is 1. The minimum atomic E-state index is -1.64. The lowest BCUT2D eigenvalue weighted by Gasteiger charge is -2.23. The summed E-state index contributed by atoms with van der Waals surface area (Å²) in [7, 11) is 0. The minimum absolute atomic E-state index is 0.236. The Hall–Kier alpha value is -2.53. The fourth-order valence-corrected chi connectivity index (χ4v) is 4.07. The molecule has 0 aliphatic carbocycles. The van der Waals surface area contributed by atoms with Crippen LogP contribution >= 0.6 is 23.2 Å². The molecule has 1 aliphatic heterocycles. The number of amides is 1. The normalized spacial score (nSPS) is 18.2. The number of hydrogen-bond donors (Lipinski definition) is 2. The zero-order chi connectivity index (χ0) is 20.6. The van der Waals surface area contributed by atoms with E-state index in [0.717, 1.165) is 11.1 Å². The van der Waals surface area contributed by atoms with Crippen LogP contribution in [0.5, 0.6) is 0 Å². The van der Waals surface area contributed by atoms with Crippen molar-refractivity contribution in [2.24, 2.45) is 0 Å². The van der Waals surface area contributed by atoms with Crippen LogP contribution in [-0.4, -0.2) is 11.0 Å². The molecule has 1 amide bonds. The fourth-order valence-electron chi connectivity index (χ4n) is 3.77. The van der Waals surface area contributed by atoms with Crippen LogP contribution < -0.4 is 10.6 Å². The number of benzene rings is 3. The quantitative estimate of drug-likeness (QED) is 0.567. The van der Waals surface area contributed by atoms with Crippen LogP contribution in [0.3, 0.4) is 0 Å². The molecule has 1 aliphatic rings. The molecule has 4 nitrogen and oxygen atoms in total. The summed E-state index contributed by atoms with van der Waals surface area (Å²) in [4.78, 5) is 14.9. The number of aryl methyl sites for hydroxylation is 1. The van der Waals surface area contributed by atoms with E-state index in [1.165, 1.54) is 0 Å². The molecule has 0 spiro atoms. The van der Waals surface area contributed by atoms with Gasteiger partial charge in [0.1, 0.15) is 0 Å². The summed E-state index contributed by atoms with van der Waals surface area (Å²) in [6.45, 7) is 0.339. The lowest BCUT2D eigenvalue weighted by molar-refractivity contribution is -0.136. The number of carbonyl (C=O) groups excluding carboxylic acids is 1. The van der Waals surface area contributed by atoms with Gasteiger partial charge in [0.25, 0.3) is 5.91 Å². The summed E-state index contributed by atoms with van der Waals surface area (Å²) in [6.07, 6.45) is 0.744. The van der Waals surface area contributed by atoms with Gasteiger partial charge in [0, 0.05) is 21.3 Å². The van der Waals surface area contributed by atoms with Crippen molar-refractivity contribution in [2.45, 2.75) is 25.0 Å². The summed E-state index contributed by atoms with van der Waals surface area (Å²) in [6, 6.07) is 20.0. The molecule has 6 heteroatoms. The topological polar surface area (TPSA) is 66.6 Å². The van der Waals surface area contributed by atoms with Crippen LogP contribution in [-0.2, 0) is 23.4 Å². The molecular formula is C23H20Cl2N2O2. The highest BCUT2D eigenvalue weighted by atomic mass is 35.5. The third-order valence-electron chi connectivity index (χ3n) is 5.27. The van der Waals surface area contributed by atoms with E-state index in [1.807, 2.05) is 36.4 Å². The van der Waals surface area contributed by atoms with E-state index in [0.29, 0.717) is 39.9 Å². The van der Waals surface area contributed by atoms with Gasteiger partial charge >= 0.3 is 0 Å². The smallest absolute Gasteiger partial charge is 0.264 e. The van der Waals surface area contributed by atoms with Crippen LogP contribution in [0.1, 0.15) is 23.1 Å². The fraction of sp³-hybridized carbons (Fsp3) is 0.174. The van der Waals surface area contributed by atoms with E-state index >= 15 is 0 Å². The number of halogens is 2. The maximum absolute atomic E-state index is 13.3. The largest absolute Gasteiger partial charge is 0.399 e. The highest BCUT2D eigenvalue weighted by Gasteiger charge is 2.49. The molecule has 0 radical (unpaired) electrons. The SMILES string of the molecule is Nc1cccc(CCC2(O)C(=O)N(Cc3ccc(Cl)cc3)c3ccc(Cl)cc32)c1. The van der Waals surface area contributed by atoms with Gasteiger partial charge in [-0.25, -0.2) is 0 Å². The molecule has 1 unspecified atom stereocenters. The van der Waals surface area contributed by atoms with E-state index in [2.05, 4.69) is 0 Å². The molecule has 1 heterocycles. The molecule has 0 saturated heterocycles. The first-order chi connectivity index (χ1) is 13.9. The Morgan fingerprint density at radius 3 is 2.38 bits per heavy atom. The van der Waals surface area contributed by atoms with Crippen molar-refractivity contribution in [3.05, 3.63) is 93.5 Å². The molecule has 0 aromatic heterocycles. The molecule has 0 fully saturated rings. The number of fused-ring (bicyclic) bond motifs is 1. The van der Waals surface area contributed by atoms with Gasteiger partial charge in [-0.2, -0.15) is 0 Å². The van der Waals surface area contributed by atoms with E-state index in [9.17, 15) is 9.90 Å². The third-order valence-corrected chi connectivity index (χ3v) is 5.76. The predicted molar refractivity (Wildman–Crippen MR) is 117 cm³/mol. The Balaban J connectivity index is 1.66. The van der Waals surface area contributed by atoms with Gasteiger partial charge in [0.15, 0.2) is 5.60 Å². The molecule has 0 bridgehead atoms. The molecule has 29 heavy (non-hydrogen) atoms. The van der Waals surface area contributed by atoms with Crippen molar-refractivity contribution >= 4 is 40.5 Å². The second-order valence-corrected chi connectivity index (χ2v) is 8.16. The first-order valence-corrected chi connectivity index (χ1v) is 10.1. The minimum Gasteiger partial charge on any atom is -0.399 e. The zero-order valence-electron chi connectivity index (χ0n) is 15.6. The van der Waals surface area contributed by atoms with E-state index < -0.39 is 5.60 Å². The Kier molecular flexibility index (Phi) is 5.26. The highest BCUT2D eigenvalue weighted by Crippen LogP contribution is 2.44. The monoisotopic (exact) mass is 426 g/mol. The van der Waals surface area contributed by atoms with Crippen LogP contribution in [0.4, 0.5) is 11.4 Å². The van der Waals surface area contributed by atoms with Gasteiger partial charge < -0.3 is 15.7 Å². The first-order valence-electron chi connectivity index (χ1n) is 9.30. The average molecular weight is 427 g/mol. The first kappa shape index (κ1) is 19.8. The number of aliphatic hydroxyl groups is 1. The molecular weight excluding hydrogens is 407 g/mol. The van der Waals surface area contributed by atoms with Gasteiger partial charge in [-0.15, -0.1) is 0 Å². The van der Waals surface area contributed by atoms with Gasteiger partial charge in [0.05, 0.1) is 12.2 Å². The average Bonchev–Trinajstić information content (AvgIpc) is 2.90. The summed E-state index contributed by atoms with van der Waals surface area (Å²) in [5.74, 6) is -0.353. The van der Waals surface area contributed by atoms with E-state index in [1.54, 1.807) is 35.2 Å². The van der Waals surface area contributed by atoms with Crippen molar-refractivity contribution in [3.8, 4) is 0 Å². The number of anilines is 2. The second kappa shape index (κ2) is 7.71. The summed E-state index contributed by atoms with van der Waals surface area (Å²) in [5, 5.41) is 12.6. The molecule has 3 aromatic carbocycles. The van der Waals surface area contributed by atoms with E-state index in [-0.39, 0.29) is 12.3 Å². The van der Waals surface area contributed by atoms with Crippen molar-refractivity contribution in [1.29, 1.82) is 0 Å². The number of nitrogen functional groups attached to an aromatic ring is 1. The molecule has 1 atom stereocenters. The van der Waals surface area contributed by atoms with E-state index in [4.69, 9.17) is 28.9 Å². The van der Waals surface area contributed by atoms with Crippen molar-refractivity contribution in [1.82, 2.24) is 0 Å². The molecule has 0 saturated carbocycles. The Bertz CT molecular complexity index is 1070. The van der Waals surface area contributed by atoms with Crippen LogP contribution in [0.2, 0.25) is 10.0 Å². The Morgan fingerprint density at radius 1 is 0.931 bits per heavy atom. The zero-order valence-corrected chi connectivity index (χ0v) is 17.1. The third kappa shape index (κ3) is 3.84. The molecule has 3 N–H and O–H groups in total. The number of hydrogen-bond acceptors (Lipinski definition) is 3. The number of carbonyl (C=O) groups is 1. The number of nitrogens with two attached hydrogens (primary N) is 1. The van der Waals surface area contributed by atoms with Gasteiger partial charge in [-0.05, 0) is 66.4 Å². The van der Waals surface area contributed by atoms with Crippen LogP contribution in [0, 0.1) is 0 Å². The second-order valence-electron chi connectivity index (χ2n) is 7.28. The summed E-state index contributed by atoms with van der Waals surface area (Å²) in [5.41, 5.74) is 7.95. The van der Waals surface area contributed by atoms with Crippen molar-refractivity contribution in [2.75, 3.05) is 10.6 Å². The number of rotatable bonds is 5. The standard InChI is InChI=1S/C23H20Cl2N2O2/c24-17-6-4-16(5-7-17)14-27-21-9-8-18(25)13-20(21)23(29,22(27)28)11-10-15-2-1-3-19(26)12-15/h1-9,12-13,29H,10-11,14,26H2. The lowest BCUT2D eigenvalue weighted by atomic mass is 9.89. The van der Waals surface area contributed by atoms with Gasteiger partial charge in [-0.1, -0.05) is 47.5 Å². The molecule has 4 rings (SSSR count). The molecule has 148 valence electrons. The van der Waals surface area contributed by atoms with Crippen molar-refractivity contribution < 1.29 is 9.90 Å². The summed E-state index contributed by atoms with van der Waals surface area (Å²) < 4.78 is 0. The Morgan fingerprint density at radius 2 is 1.66 bits per heavy atom. The predicted octanol–water partition coefficient (Wildman–Crippen LogP) is 4.94. The maximum atomic E-state index is 13.3. The van der Waals surface area contributed by atoms with Gasteiger partial charge in [0.2, 0.25) is 0 Å². The summed E-state index contributed by atoms with van der Waals surface area (Å²) >= 11 is 12.2. The van der Waals surface area contributed by atoms with Gasteiger partial charge in [-0.3, -0.25) is 4.79 Å². The van der Waals surface area contributed by atoms with Crippen LogP contribution in [0.25, 0.3) is 0 Å². The van der Waals surface area contributed by atoms with Crippen LogP contribution in [0.15, 0.2) is 66.7 Å². The lowest BCUT2D eigenvalue weighted by Crippen LogP contribution is -2.40.